The predicted molar refractivity (Wildman–Crippen MR) is 106 cm³/mol. The van der Waals surface area contributed by atoms with Crippen molar-refractivity contribution in [3.63, 3.8) is 0 Å². The first-order valence-corrected chi connectivity index (χ1v) is 9.74. The van der Waals surface area contributed by atoms with Gasteiger partial charge in [0.1, 0.15) is 12.4 Å². The molecule has 2 aromatic rings. The highest BCUT2D eigenvalue weighted by Crippen LogP contribution is 2.20. The van der Waals surface area contributed by atoms with E-state index < -0.39 is 0 Å². The molecular weight excluding hydrogens is 358 g/mol. The summed E-state index contributed by atoms with van der Waals surface area (Å²) >= 11 is 0. The lowest BCUT2D eigenvalue weighted by Gasteiger charge is -2.27. The first-order valence-electron chi connectivity index (χ1n) is 9.74. The molecule has 28 heavy (non-hydrogen) atoms. The van der Waals surface area contributed by atoms with Crippen molar-refractivity contribution in [2.45, 2.75) is 26.9 Å². The van der Waals surface area contributed by atoms with Gasteiger partial charge < -0.3 is 18.9 Å². The van der Waals surface area contributed by atoms with Crippen LogP contribution < -0.4 is 4.74 Å². The summed E-state index contributed by atoms with van der Waals surface area (Å²) in [6.07, 6.45) is 0.919. The Morgan fingerprint density at radius 2 is 2.04 bits per heavy atom. The van der Waals surface area contributed by atoms with Crippen molar-refractivity contribution in [3.8, 4) is 5.75 Å². The van der Waals surface area contributed by atoms with Crippen LogP contribution in [0.3, 0.4) is 0 Å². The summed E-state index contributed by atoms with van der Waals surface area (Å²) in [6, 6.07) is 7.71. The van der Waals surface area contributed by atoms with Gasteiger partial charge in [0.15, 0.2) is 11.5 Å². The maximum Gasteiger partial charge on any atom is 0.275 e. The Bertz CT molecular complexity index is 784. The maximum absolute atomic E-state index is 12.5. The molecule has 0 bridgehead atoms. The number of carbonyl (C=O) groups is 1. The Morgan fingerprint density at radius 1 is 1.25 bits per heavy atom. The lowest BCUT2D eigenvalue weighted by atomic mass is 10.1. The van der Waals surface area contributed by atoms with Crippen LogP contribution in [0.2, 0.25) is 0 Å². The highest BCUT2D eigenvalue weighted by atomic mass is 16.5. The third-order valence-corrected chi connectivity index (χ3v) is 4.91. The SMILES string of the molecule is Cc1ccc(C)c(OCc2cc(C(=O)N(C)CCCN3CCOCC3)no2)c1. The van der Waals surface area contributed by atoms with Gasteiger partial charge in [-0.1, -0.05) is 17.3 Å². The van der Waals surface area contributed by atoms with Crippen LogP contribution in [0.4, 0.5) is 0 Å². The number of nitrogens with zero attached hydrogens (tertiary/aromatic N) is 3. The quantitative estimate of drug-likeness (QED) is 0.694. The third-order valence-electron chi connectivity index (χ3n) is 4.91. The maximum atomic E-state index is 12.5. The number of amides is 1. The van der Waals surface area contributed by atoms with Gasteiger partial charge in [-0.25, -0.2) is 0 Å². The number of carbonyl (C=O) groups excluding carboxylic acids is 1. The second kappa shape index (κ2) is 9.71. The van der Waals surface area contributed by atoms with Gasteiger partial charge in [-0.2, -0.15) is 0 Å². The van der Waals surface area contributed by atoms with Crippen LogP contribution in [0.1, 0.15) is 33.8 Å². The molecule has 2 heterocycles. The molecule has 1 aromatic carbocycles. The first kappa shape index (κ1) is 20.4. The van der Waals surface area contributed by atoms with Crippen molar-refractivity contribution in [1.29, 1.82) is 0 Å². The molecule has 1 saturated heterocycles. The largest absolute Gasteiger partial charge is 0.485 e. The van der Waals surface area contributed by atoms with Crippen molar-refractivity contribution in [1.82, 2.24) is 15.0 Å². The van der Waals surface area contributed by atoms with E-state index in [1.165, 1.54) is 0 Å². The zero-order chi connectivity index (χ0) is 19.9. The minimum Gasteiger partial charge on any atom is -0.485 e. The van der Waals surface area contributed by atoms with Crippen LogP contribution in [-0.4, -0.2) is 67.3 Å². The Kier molecular flexibility index (Phi) is 7.06. The van der Waals surface area contributed by atoms with Gasteiger partial charge in [0.05, 0.1) is 13.2 Å². The Hall–Kier alpha value is -2.38. The van der Waals surface area contributed by atoms with E-state index in [0.29, 0.717) is 18.0 Å². The predicted octanol–water partition coefficient (Wildman–Crippen LogP) is 2.66. The summed E-state index contributed by atoms with van der Waals surface area (Å²) in [4.78, 5) is 16.6. The second-order valence-electron chi connectivity index (χ2n) is 7.27. The van der Waals surface area contributed by atoms with Gasteiger partial charge >= 0.3 is 0 Å². The van der Waals surface area contributed by atoms with E-state index in [1.807, 2.05) is 32.0 Å². The standard InChI is InChI=1S/C21H29N3O4/c1-16-5-6-17(2)20(13-16)27-15-18-14-19(22-28-18)21(25)23(3)7-4-8-24-9-11-26-12-10-24/h5-6,13-14H,4,7-12,15H2,1-3H3. The molecule has 1 fully saturated rings. The minimum absolute atomic E-state index is 0.135. The number of morpholine rings is 1. The molecule has 7 heteroatoms. The minimum atomic E-state index is -0.135. The molecule has 152 valence electrons. The number of aromatic nitrogens is 1. The summed E-state index contributed by atoms with van der Waals surface area (Å²) in [6.45, 7) is 9.41. The molecule has 0 radical (unpaired) electrons. The van der Waals surface area contributed by atoms with Crippen molar-refractivity contribution in [2.24, 2.45) is 0 Å². The molecule has 1 aliphatic heterocycles. The first-order chi connectivity index (χ1) is 13.5. The molecule has 0 N–H and O–H groups in total. The fourth-order valence-electron chi connectivity index (χ4n) is 3.15. The molecule has 1 aliphatic rings. The summed E-state index contributed by atoms with van der Waals surface area (Å²) in [5.41, 5.74) is 2.50. The van der Waals surface area contributed by atoms with Gasteiger partial charge in [0.25, 0.3) is 5.91 Å². The number of ether oxygens (including phenoxy) is 2. The lowest BCUT2D eigenvalue weighted by Crippen LogP contribution is -2.38. The summed E-state index contributed by atoms with van der Waals surface area (Å²) in [7, 11) is 1.79. The van der Waals surface area contributed by atoms with Crippen LogP contribution in [0.15, 0.2) is 28.8 Å². The summed E-state index contributed by atoms with van der Waals surface area (Å²) < 4.78 is 16.4. The highest BCUT2D eigenvalue weighted by Gasteiger charge is 2.18. The van der Waals surface area contributed by atoms with Gasteiger partial charge in [0, 0.05) is 39.3 Å². The van der Waals surface area contributed by atoms with Gasteiger partial charge in [-0.05, 0) is 37.5 Å². The zero-order valence-corrected chi connectivity index (χ0v) is 16.9. The Balaban J connectivity index is 1.46. The van der Waals surface area contributed by atoms with E-state index in [-0.39, 0.29) is 12.5 Å². The molecule has 0 spiro atoms. The number of benzene rings is 1. The van der Waals surface area contributed by atoms with Crippen LogP contribution in [0, 0.1) is 13.8 Å². The summed E-state index contributed by atoms with van der Waals surface area (Å²) in [5.74, 6) is 1.21. The normalized spacial score (nSPS) is 14.8. The number of aryl methyl sites for hydroxylation is 2. The highest BCUT2D eigenvalue weighted by molar-refractivity contribution is 5.92. The lowest BCUT2D eigenvalue weighted by molar-refractivity contribution is 0.0361. The Morgan fingerprint density at radius 3 is 2.82 bits per heavy atom. The van der Waals surface area contributed by atoms with Crippen molar-refractivity contribution < 1.29 is 18.8 Å². The topological polar surface area (TPSA) is 68.0 Å². The van der Waals surface area contributed by atoms with E-state index in [2.05, 4.69) is 10.1 Å². The van der Waals surface area contributed by atoms with Crippen LogP contribution >= 0.6 is 0 Å². The van der Waals surface area contributed by atoms with Crippen LogP contribution in [0.5, 0.6) is 5.75 Å². The number of rotatable bonds is 8. The molecule has 0 unspecified atom stereocenters. The van der Waals surface area contributed by atoms with Gasteiger partial charge in [-0.15, -0.1) is 0 Å². The van der Waals surface area contributed by atoms with E-state index in [4.69, 9.17) is 14.0 Å². The molecule has 7 nitrogen and oxygen atoms in total. The van der Waals surface area contributed by atoms with Gasteiger partial charge in [-0.3, -0.25) is 9.69 Å². The van der Waals surface area contributed by atoms with E-state index >= 15 is 0 Å². The Labute approximate surface area is 166 Å². The number of hydrogen-bond acceptors (Lipinski definition) is 6. The fourth-order valence-corrected chi connectivity index (χ4v) is 3.15. The molecule has 1 aromatic heterocycles. The zero-order valence-electron chi connectivity index (χ0n) is 16.9. The third kappa shape index (κ3) is 5.56. The monoisotopic (exact) mass is 387 g/mol. The molecule has 3 rings (SSSR count). The van der Waals surface area contributed by atoms with Crippen LogP contribution in [-0.2, 0) is 11.3 Å². The van der Waals surface area contributed by atoms with Crippen molar-refractivity contribution in [3.05, 3.63) is 46.8 Å². The molecule has 0 saturated carbocycles. The fraction of sp³-hybridized carbons (Fsp3) is 0.524. The van der Waals surface area contributed by atoms with Gasteiger partial charge in [0.2, 0.25) is 0 Å². The molecule has 1 amide bonds. The smallest absolute Gasteiger partial charge is 0.275 e. The summed E-state index contributed by atoms with van der Waals surface area (Å²) in [5, 5.41) is 3.91. The molecular formula is C21H29N3O4. The molecule has 0 atom stereocenters. The molecule has 0 aliphatic carbocycles. The second-order valence-corrected chi connectivity index (χ2v) is 7.27. The van der Waals surface area contributed by atoms with E-state index in [1.54, 1.807) is 18.0 Å². The van der Waals surface area contributed by atoms with Crippen molar-refractivity contribution in [2.75, 3.05) is 46.4 Å². The average molecular weight is 387 g/mol. The number of hydrogen-bond donors (Lipinski definition) is 0. The van der Waals surface area contributed by atoms with Crippen LogP contribution in [0.25, 0.3) is 0 Å². The van der Waals surface area contributed by atoms with E-state index in [0.717, 1.165) is 56.1 Å². The average Bonchev–Trinajstić information content (AvgIpc) is 3.18. The van der Waals surface area contributed by atoms with E-state index in [9.17, 15) is 4.79 Å². The van der Waals surface area contributed by atoms with Crippen molar-refractivity contribution >= 4 is 5.91 Å².